The summed E-state index contributed by atoms with van der Waals surface area (Å²) in [6, 6.07) is 6.24. The molecule has 0 bridgehead atoms. The number of nitrogens with zero attached hydrogens (tertiary/aromatic N) is 1. The Morgan fingerprint density at radius 3 is 2.86 bits per heavy atom. The molecule has 22 heavy (non-hydrogen) atoms. The topological polar surface area (TPSA) is 40.5 Å². The number of hydrogen-bond acceptors (Lipinski definition) is 3. The van der Waals surface area contributed by atoms with Gasteiger partial charge in [0.15, 0.2) is 0 Å². The van der Waals surface area contributed by atoms with Gasteiger partial charge in [0, 0.05) is 23.1 Å². The van der Waals surface area contributed by atoms with Gasteiger partial charge in [0.25, 0.3) is 0 Å². The Morgan fingerprint density at radius 1 is 1.36 bits per heavy atom. The molecule has 4 nitrogen and oxygen atoms in total. The van der Waals surface area contributed by atoms with E-state index in [0.29, 0.717) is 0 Å². The smallest absolute Gasteiger partial charge is 0.309 e. The molecule has 118 valence electrons. The zero-order valence-electron chi connectivity index (χ0n) is 13.5. The second kappa shape index (κ2) is 6.03. The third kappa shape index (κ3) is 2.36. The number of benzene rings is 1. The van der Waals surface area contributed by atoms with Gasteiger partial charge in [0.2, 0.25) is 0 Å². The van der Waals surface area contributed by atoms with Crippen molar-refractivity contribution in [2.24, 2.45) is 5.92 Å². The van der Waals surface area contributed by atoms with Gasteiger partial charge in [-0.1, -0.05) is 6.92 Å². The summed E-state index contributed by atoms with van der Waals surface area (Å²) in [6.45, 7) is 3.21. The van der Waals surface area contributed by atoms with E-state index in [9.17, 15) is 4.79 Å². The van der Waals surface area contributed by atoms with Gasteiger partial charge in [-0.3, -0.25) is 4.79 Å². The normalized spacial score (nSPS) is 17.3. The van der Waals surface area contributed by atoms with Gasteiger partial charge >= 0.3 is 5.97 Å². The van der Waals surface area contributed by atoms with E-state index in [1.165, 1.54) is 29.3 Å². The molecule has 1 aromatic heterocycles. The molecule has 0 saturated carbocycles. The largest absolute Gasteiger partial charge is 0.497 e. The standard InChI is InChI=1S/C18H23NO3/c1-4-9-19-16-7-5-12(18(20)22-3)10-14(16)15-11-13(21-2)6-8-17(15)19/h6,8,11-12H,4-5,7,9-10H2,1-3H3. The van der Waals surface area contributed by atoms with Crippen molar-refractivity contribution < 1.29 is 14.3 Å². The van der Waals surface area contributed by atoms with E-state index in [-0.39, 0.29) is 11.9 Å². The molecule has 2 aromatic rings. The fourth-order valence-electron chi connectivity index (χ4n) is 3.60. The van der Waals surface area contributed by atoms with Crippen LogP contribution in [-0.4, -0.2) is 24.8 Å². The molecule has 0 amide bonds. The number of ether oxygens (including phenoxy) is 2. The number of fused-ring (bicyclic) bond motifs is 3. The average molecular weight is 301 g/mol. The molecule has 0 N–H and O–H groups in total. The molecule has 1 aliphatic carbocycles. The Labute approximate surface area is 131 Å². The number of aryl methyl sites for hydroxylation is 1. The second-order valence-electron chi connectivity index (χ2n) is 5.92. The van der Waals surface area contributed by atoms with Crippen molar-refractivity contribution in [3.05, 3.63) is 29.5 Å². The van der Waals surface area contributed by atoms with Crippen molar-refractivity contribution in [3.8, 4) is 5.75 Å². The van der Waals surface area contributed by atoms with Crippen LogP contribution in [0.4, 0.5) is 0 Å². The van der Waals surface area contributed by atoms with Crippen LogP contribution in [0, 0.1) is 5.92 Å². The zero-order chi connectivity index (χ0) is 15.7. The fraction of sp³-hybridized carbons (Fsp3) is 0.500. The lowest BCUT2D eigenvalue weighted by atomic mass is 9.86. The lowest BCUT2D eigenvalue weighted by molar-refractivity contribution is -0.145. The van der Waals surface area contributed by atoms with Crippen LogP contribution < -0.4 is 4.74 Å². The van der Waals surface area contributed by atoms with Gasteiger partial charge in [0.1, 0.15) is 5.75 Å². The number of esters is 1. The second-order valence-corrected chi connectivity index (χ2v) is 5.92. The minimum atomic E-state index is -0.0927. The van der Waals surface area contributed by atoms with Crippen molar-refractivity contribution in [1.29, 1.82) is 0 Å². The SMILES string of the molecule is CCCn1c2c(c3cc(OC)ccc31)CC(C(=O)OC)CC2. The van der Waals surface area contributed by atoms with Gasteiger partial charge in [-0.15, -0.1) is 0 Å². The fourth-order valence-corrected chi connectivity index (χ4v) is 3.60. The van der Waals surface area contributed by atoms with E-state index in [0.717, 1.165) is 38.0 Å². The quantitative estimate of drug-likeness (QED) is 0.813. The first-order chi connectivity index (χ1) is 10.7. The van der Waals surface area contributed by atoms with E-state index in [1.807, 2.05) is 6.07 Å². The lowest BCUT2D eigenvalue weighted by Gasteiger charge is -2.22. The highest BCUT2D eigenvalue weighted by Crippen LogP contribution is 2.36. The summed E-state index contributed by atoms with van der Waals surface area (Å²) in [6.07, 6.45) is 3.67. The van der Waals surface area contributed by atoms with Crippen LogP contribution in [0.1, 0.15) is 31.0 Å². The summed E-state index contributed by atoms with van der Waals surface area (Å²) >= 11 is 0. The van der Waals surface area contributed by atoms with E-state index in [1.54, 1.807) is 7.11 Å². The van der Waals surface area contributed by atoms with Crippen LogP contribution in [0.25, 0.3) is 10.9 Å². The minimum Gasteiger partial charge on any atom is -0.497 e. The van der Waals surface area contributed by atoms with E-state index < -0.39 is 0 Å². The van der Waals surface area contributed by atoms with Crippen molar-refractivity contribution in [3.63, 3.8) is 0 Å². The van der Waals surface area contributed by atoms with Crippen LogP contribution in [0.5, 0.6) is 5.75 Å². The zero-order valence-corrected chi connectivity index (χ0v) is 13.5. The maximum atomic E-state index is 11.9. The Balaban J connectivity index is 2.12. The maximum absolute atomic E-state index is 11.9. The molecule has 1 atom stereocenters. The predicted octanol–water partition coefficient (Wildman–Crippen LogP) is 3.34. The first-order valence-corrected chi connectivity index (χ1v) is 7.95. The number of aromatic nitrogens is 1. The Bertz CT molecular complexity index is 702. The molecule has 0 radical (unpaired) electrons. The Kier molecular flexibility index (Phi) is 4.10. The molecule has 1 aliphatic rings. The van der Waals surface area contributed by atoms with Crippen LogP contribution >= 0.6 is 0 Å². The van der Waals surface area contributed by atoms with E-state index in [4.69, 9.17) is 9.47 Å². The van der Waals surface area contributed by atoms with Crippen LogP contribution in [0.15, 0.2) is 18.2 Å². The molecular formula is C18H23NO3. The summed E-state index contributed by atoms with van der Waals surface area (Å²) in [5, 5.41) is 1.22. The maximum Gasteiger partial charge on any atom is 0.309 e. The first kappa shape index (κ1) is 14.9. The summed E-state index contributed by atoms with van der Waals surface area (Å²) in [5.41, 5.74) is 3.92. The van der Waals surface area contributed by atoms with Gasteiger partial charge in [-0.25, -0.2) is 0 Å². The Hall–Kier alpha value is -1.97. The number of hydrogen-bond donors (Lipinski definition) is 0. The minimum absolute atomic E-state index is 0.0237. The molecule has 0 saturated heterocycles. The van der Waals surface area contributed by atoms with Crippen molar-refractivity contribution in [2.45, 2.75) is 39.2 Å². The number of rotatable bonds is 4. The predicted molar refractivity (Wildman–Crippen MR) is 86.3 cm³/mol. The molecule has 3 rings (SSSR count). The molecule has 0 aliphatic heterocycles. The van der Waals surface area contributed by atoms with Crippen LogP contribution in [0.3, 0.4) is 0 Å². The van der Waals surface area contributed by atoms with E-state index >= 15 is 0 Å². The highest BCUT2D eigenvalue weighted by Gasteiger charge is 2.29. The molecule has 1 unspecified atom stereocenters. The summed E-state index contributed by atoms with van der Waals surface area (Å²) < 4.78 is 12.7. The Morgan fingerprint density at radius 2 is 2.18 bits per heavy atom. The van der Waals surface area contributed by atoms with Crippen LogP contribution in [0.2, 0.25) is 0 Å². The highest BCUT2D eigenvalue weighted by molar-refractivity contribution is 5.88. The van der Waals surface area contributed by atoms with Crippen molar-refractivity contribution in [2.75, 3.05) is 14.2 Å². The van der Waals surface area contributed by atoms with Crippen LogP contribution in [-0.2, 0) is 28.9 Å². The highest BCUT2D eigenvalue weighted by atomic mass is 16.5. The summed E-state index contributed by atoms with van der Waals surface area (Å²) in [4.78, 5) is 11.9. The van der Waals surface area contributed by atoms with Gasteiger partial charge in [-0.2, -0.15) is 0 Å². The third-order valence-electron chi connectivity index (χ3n) is 4.66. The molecule has 1 heterocycles. The van der Waals surface area contributed by atoms with Crippen molar-refractivity contribution in [1.82, 2.24) is 4.57 Å². The van der Waals surface area contributed by atoms with Gasteiger partial charge in [0.05, 0.1) is 20.1 Å². The van der Waals surface area contributed by atoms with Gasteiger partial charge < -0.3 is 14.0 Å². The monoisotopic (exact) mass is 301 g/mol. The molecule has 0 spiro atoms. The molecule has 4 heteroatoms. The summed E-state index contributed by atoms with van der Waals surface area (Å²) in [5.74, 6) is 0.749. The number of carbonyl (C=O) groups is 1. The molecular weight excluding hydrogens is 278 g/mol. The lowest BCUT2D eigenvalue weighted by Crippen LogP contribution is -2.24. The average Bonchev–Trinajstić information content (AvgIpc) is 2.87. The number of carbonyl (C=O) groups excluding carboxylic acids is 1. The first-order valence-electron chi connectivity index (χ1n) is 7.95. The van der Waals surface area contributed by atoms with Crippen molar-refractivity contribution >= 4 is 16.9 Å². The van der Waals surface area contributed by atoms with E-state index in [2.05, 4.69) is 23.6 Å². The third-order valence-corrected chi connectivity index (χ3v) is 4.66. The van der Waals surface area contributed by atoms with Gasteiger partial charge in [-0.05, 0) is 49.4 Å². The molecule has 1 aromatic carbocycles. The number of methoxy groups -OCH3 is 2. The molecule has 0 fully saturated rings. The summed E-state index contributed by atoms with van der Waals surface area (Å²) in [7, 11) is 3.16.